The number of nitrogens with one attached hydrogen (secondary N) is 1. The number of aliphatic hydroxyl groups is 1. The number of carbonyl (C=O) groups is 1. The van der Waals surface area contributed by atoms with Crippen LogP contribution in [0.25, 0.3) is 11.3 Å². The number of nitriles is 1. The molecule has 10 nitrogen and oxygen atoms in total. The van der Waals surface area contributed by atoms with E-state index in [2.05, 4.69) is 26.3 Å². The number of hydrogen-bond donors (Lipinski definition) is 2. The summed E-state index contributed by atoms with van der Waals surface area (Å²) in [4.78, 5) is 27.4. The van der Waals surface area contributed by atoms with E-state index in [1.807, 2.05) is 13.0 Å². The zero-order chi connectivity index (χ0) is 26.1. The maximum Gasteiger partial charge on any atom is 0.414 e. The quantitative estimate of drug-likeness (QED) is 0.543. The van der Waals surface area contributed by atoms with Crippen LogP contribution in [0.3, 0.4) is 0 Å². The largest absolute Gasteiger partial charge is 0.493 e. The molecule has 0 fully saturated rings. The van der Waals surface area contributed by atoms with E-state index in [0.29, 0.717) is 39.9 Å². The Morgan fingerprint density at radius 1 is 1.31 bits per heavy atom. The first-order chi connectivity index (χ1) is 17.1. The second kappa shape index (κ2) is 9.43. The molecule has 1 aliphatic heterocycles. The summed E-state index contributed by atoms with van der Waals surface area (Å²) in [7, 11) is 1.55. The molecular weight excluding hydrogens is 460 g/mol. The van der Waals surface area contributed by atoms with Crippen LogP contribution in [0.4, 0.5) is 22.1 Å². The minimum atomic E-state index is -0.785. The van der Waals surface area contributed by atoms with Gasteiger partial charge in [-0.25, -0.2) is 14.8 Å². The highest BCUT2D eigenvalue weighted by atomic mass is 16.6. The third kappa shape index (κ3) is 4.78. The van der Waals surface area contributed by atoms with Crippen LogP contribution in [-0.4, -0.2) is 52.0 Å². The van der Waals surface area contributed by atoms with Gasteiger partial charge in [-0.1, -0.05) is 6.92 Å². The molecule has 4 rings (SSSR count). The summed E-state index contributed by atoms with van der Waals surface area (Å²) >= 11 is 0. The summed E-state index contributed by atoms with van der Waals surface area (Å²) in [5.41, 5.74) is 1.79. The van der Waals surface area contributed by atoms with E-state index >= 15 is 0 Å². The summed E-state index contributed by atoms with van der Waals surface area (Å²) < 4.78 is 10.9. The maximum atomic E-state index is 13.0. The van der Waals surface area contributed by atoms with Crippen molar-refractivity contribution in [2.75, 3.05) is 30.5 Å². The SMILES string of the molecule is COc1cnccc1Nc1nccc(-c2cc(C#N)c3c(c2)[C@@](C)(CO)CN3C(=O)OC(C)(C)C)n1. The van der Waals surface area contributed by atoms with Crippen LogP contribution >= 0.6 is 0 Å². The average molecular weight is 489 g/mol. The standard InChI is InChI=1S/C26H28N6O4/c1-25(2,3)36-24(34)32-14-26(4,15-33)18-11-16(10-17(12-27)22(18)32)19-7-9-29-23(30-19)31-20-6-8-28-13-21(20)35-5/h6-11,13,33H,14-15H2,1-5H3,(H,28,29,30,31)/t26-/m1/s1. The molecule has 186 valence electrons. The summed E-state index contributed by atoms with van der Waals surface area (Å²) in [6.45, 7) is 7.16. The molecule has 36 heavy (non-hydrogen) atoms. The minimum absolute atomic E-state index is 0.185. The van der Waals surface area contributed by atoms with E-state index in [-0.39, 0.29) is 18.7 Å². The molecule has 0 aliphatic carbocycles. The van der Waals surface area contributed by atoms with Gasteiger partial charge < -0.3 is 19.9 Å². The number of amides is 1. The number of carbonyl (C=O) groups excluding carboxylic acids is 1. The van der Waals surface area contributed by atoms with Gasteiger partial charge in [0.05, 0.1) is 42.5 Å². The number of benzene rings is 1. The third-order valence-electron chi connectivity index (χ3n) is 5.82. The molecule has 2 aromatic heterocycles. The van der Waals surface area contributed by atoms with E-state index in [1.165, 1.54) is 4.90 Å². The second-order valence-corrected chi connectivity index (χ2v) is 9.78. The second-order valence-electron chi connectivity index (χ2n) is 9.78. The molecule has 0 radical (unpaired) electrons. The average Bonchev–Trinajstić information content (AvgIpc) is 3.16. The number of aliphatic hydroxyl groups excluding tert-OH is 1. The fraction of sp³-hybridized carbons (Fsp3) is 0.346. The van der Waals surface area contributed by atoms with Gasteiger partial charge in [0.1, 0.15) is 11.7 Å². The van der Waals surface area contributed by atoms with E-state index in [1.54, 1.807) is 64.7 Å². The van der Waals surface area contributed by atoms with E-state index < -0.39 is 17.1 Å². The third-order valence-corrected chi connectivity index (χ3v) is 5.82. The number of rotatable bonds is 5. The van der Waals surface area contributed by atoms with Crippen LogP contribution in [0.15, 0.2) is 42.9 Å². The van der Waals surface area contributed by atoms with Gasteiger partial charge in [-0.2, -0.15) is 5.26 Å². The maximum absolute atomic E-state index is 13.0. The van der Waals surface area contributed by atoms with Gasteiger partial charge in [0.15, 0.2) is 5.75 Å². The molecule has 1 aliphatic rings. The zero-order valence-electron chi connectivity index (χ0n) is 20.9. The fourth-order valence-electron chi connectivity index (χ4n) is 4.09. The van der Waals surface area contributed by atoms with Crippen molar-refractivity contribution in [1.29, 1.82) is 5.26 Å². The Morgan fingerprint density at radius 3 is 2.75 bits per heavy atom. The predicted octanol–water partition coefficient (Wildman–Crippen LogP) is 4.17. The number of nitrogens with zero attached hydrogens (tertiary/aromatic N) is 5. The van der Waals surface area contributed by atoms with Gasteiger partial charge >= 0.3 is 6.09 Å². The number of fused-ring (bicyclic) bond motifs is 1. The number of hydrogen-bond acceptors (Lipinski definition) is 9. The van der Waals surface area contributed by atoms with Crippen LogP contribution in [0, 0.1) is 11.3 Å². The van der Waals surface area contributed by atoms with Crippen molar-refractivity contribution in [3.05, 3.63) is 54.0 Å². The minimum Gasteiger partial charge on any atom is -0.493 e. The lowest BCUT2D eigenvalue weighted by molar-refractivity contribution is 0.0575. The molecule has 0 spiro atoms. The van der Waals surface area contributed by atoms with Crippen molar-refractivity contribution in [2.24, 2.45) is 0 Å². The lowest BCUT2D eigenvalue weighted by atomic mass is 9.83. The Kier molecular flexibility index (Phi) is 6.52. The van der Waals surface area contributed by atoms with E-state index in [0.717, 1.165) is 0 Å². The molecule has 1 aromatic carbocycles. The Hall–Kier alpha value is -4.23. The van der Waals surface area contributed by atoms with Crippen molar-refractivity contribution in [3.8, 4) is 23.1 Å². The van der Waals surface area contributed by atoms with Crippen molar-refractivity contribution < 1.29 is 19.4 Å². The first-order valence-corrected chi connectivity index (χ1v) is 11.4. The lowest BCUT2D eigenvalue weighted by Crippen LogP contribution is -2.40. The Bertz CT molecular complexity index is 1350. The Labute approximate surface area is 209 Å². The molecule has 10 heteroatoms. The first kappa shape index (κ1) is 24.9. The Balaban J connectivity index is 1.76. The smallest absolute Gasteiger partial charge is 0.414 e. The highest BCUT2D eigenvalue weighted by molar-refractivity contribution is 5.95. The molecule has 0 unspecified atom stereocenters. The summed E-state index contributed by atoms with van der Waals surface area (Å²) in [6, 6.07) is 9.22. The highest BCUT2D eigenvalue weighted by Gasteiger charge is 2.44. The molecule has 0 saturated carbocycles. The predicted molar refractivity (Wildman–Crippen MR) is 134 cm³/mol. The molecule has 2 N–H and O–H groups in total. The molecule has 0 bridgehead atoms. The molecule has 3 aromatic rings. The fourth-order valence-corrected chi connectivity index (χ4v) is 4.09. The number of pyridine rings is 1. The monoisotopic (exact) mass is 488 g/mol. The number of ether oxygens (including phenoxy) is 2. The van der Waals surface area contributed by atoms with E-state index in [4.69, 9.17) is 9.47 Å². The van der Waals surface area contributed by atoms with Crippen molar-refractivity contribution >= 4 is 23.4 Å². The summed E-state index contributed by atoms with van der Waals surface area (Å²) in [6.07, 6.45) is 4.25. The summed E-state index contributed by atoms with van der Waals surface area (Å²) in [5.74, 6) is 0.869. The molecular formula is C26H28N6O4. The van der Waals surface area contributed by atoms with Crippen LogP contribution in [0.2, 0.25) is 0 Å². The van der Waals surface area contributed by atoms with Gasteiger partial charge in [0.2, 0.25) is 5.95 Å². The van der Waals surface area contributed by atoms with Crippen LogP contribution < -0.4 is 15.0 Å². The van der Waals surface area contributed by atoms with Crippen LogP contribution in [-0.2, 0) is 10.2 Å². The number of aromatic nitrogens is 3. The highest BCUT2D eigenvalue weighted by Crippen LogP contribution is 2.45. The normalized spacial score (nSPS) is 16.8. The number of anilines is 3. The Morgan fingerprint density at radius 2 is 2.08 bits per heavy atom. The molecule has 3 heterocycles. The molecule has 1 amide bonds. The lowest BCUT2D eigenvalue weighted by Gasteiger charge is -2.26. The summed E-state index contributed by atoms with van der Waals surface area (Å²) in [5, 5.41) is 23.4. The van der Waals surface area contributed by atoms with Gasteiger partial charge in [-0.05, 0) is 50.6 Å². The van der Waals surface area contributed by atoms with Crippen LogP contribution in [0.1, 0.15) is 38.8 Å². The first-order valence-electron chi connectivity index (χ1n) is 11.4. The number of methoxy groups -OCH3 is 1. The van der Waals surface area contributed by atoms with Gasteiger partial charge in [0, 0.05) is 29.9 Å². The molecule has 0 saturated heterocycles. The van der Waals surface area contributed by atoms with Crippen LogP contribution in [0.5, 0.6) is 5.75 Å². The van der Waals surface area contributed by atoms with Crippen molar-refractivity contribution in [1.82, 2.24) is 15.0 Å². The van der Waals surface area contributed by atoms with Gasteiger partial charge in [0.25, 0.3) is 0 Å². The van der Waals surface area contributed by atoms with Crippen molar-refractivity contribution in [2.45, 2.75) is 38.7 Å². The zero-order valence-corrected chi connectivity index (χ0v) is 20.9. The molecule has 1 atom stereocenters. The topological polar surface area (TPSA) is 133 Å². The van der Waals surface area contributed by atoms with Crippen molar-refractivity contribution in [3.63, 3.8) is 0 Å². The van der Waals surface area contributed by atoms with Gasteiger partial charge in [-0.15, -0.1) is 0 Å². The van der Waals surface area contributed by atoms with E-state index in [9.17, 15) is 15.2 Å². The van der Waals surface area contributed by atoms with Gasteiger partial charge in [-0.3, -0.25) is 9.88 Å².